The molecule has 4 bridgehead atoms. The molecule has 16 fully saturated rings. The van der Waals surface area contributed by atoms with Crippen molar-refractivity contribution in [2.75, 3.05) is 45.4 Å². The Morgan fingerprint density at radius 1 is 0.711 bits per heavy atom. The zero-order valence-electron chi connectivity index (χ0n) is 28.9. The van der Waals surface area contributed by atoms with Crippen LogP contribution in [-0.4, -0.2) is 73.5 Å². The molecule has 252 valence electrons. The fourth-order valence-electron chi connectivity index (χ4n) is 29.3. The van der Waals surface area contributed by atoms with Gasteiger partial charge in [-0.15, -0.1) is 0 Å². The van der Waals surface area contributed by atoms with Crippen LogP contribution in [0.3, 0.4) is 0 Å². The predicted molar refractivity (Wildman–Crippen MR) is 188 cm³/mol. The Morgan fingerprint density at radius 2 is 1.22 bits per heavy atom. The van der Waals surface area contributed by atoms with Crippen LogP contribution in [0.15, 0.2) is 0 Å². The standard InChI is InChI=1S/C33H57N4P2.C5H5.Fe/c1-31(2,3)26-16-25(20-39(32(4,5)6)30-23-12-21-11-22(14-23)15-24(30)13-21)27(17-26)33(38,28-18-34-7-9-36-28)29-19-35-8-10-37-29;1-2-4-5-3-1;/h16-17,21-24,28-30,34-37H,7-15,18-20,38H2,1-6H3;1-5H;. The summed E-state index contributed by atoms with van der Waals surface area (Å²) in [5.41, 5.74) is 1.65. The van der Waals surface area contributed by atoms with Gasteiger partial charge in [-0.3, -0.25) is 0 Å². The first-order valence-electron chi connectivity index (χ1n) is 19.8. The van der Waals surface area contributed by atoms with Crippen LogP contribution in [-0.2, 0) is 6.51 Å². The molecule has 1 spiro atoms. The van der Waals surface area contributed by atoms with Crippen molar-refractivity contribution in [2.45, 2.75) is 148 Å². The van der Waals surface area contributed by atoms with Crippen molar-refractivity contribution < 1.29 is 6.51 Å². The first-order chi connectivity index (χ1) is 21.2. The van der Waals surface area contributed by atoms with Gasteiger partial charge in [0.15, 0.2) is 0 Å². The van der Waals surface area contributed by atoms with E-state index in [1.165, 1.54) is 59.9 Å². The van der Waals surface area contributed by atoms with E-state index in [1.54, 1.807) is 38.3 Å². The number of hydrogen-bond acceptors (Lipinski definition) is 4. The zero-order chi connectivity index (χ0) is 30.3. The van der Waals surface area contributed by atoms with Crippen molar-refractivity contribution in [1.82, 2.24) is 21.3 Å². The molecule has 0 radical (unpaired) electrons. The van der Waals surface area contributed by atoms with Crippen LogP contribution in [0.4, 0.5) is 0 Å². The van der Waals surface area contributed by atoms with Gasteiger partial charge in [-0.1, -0.05) is 0 Å². The summed E-state index contributed by atoms with van der Waals surface area (Å²) in [7, 11) is 3.97. The quantitative estimate of drug-likeness (QED) is 0.174. The molecule has 4 N–H and O–H groups in total. The van der Waals surface area contributed by atoms with E-state index < -0.39 is 6.51 Å². The van der Waals surface area contributed by atoms with Gasteiger partial charge in [0.25, 0.3) is 0 Å². The second kappa shape index (κ2) is 4.31. The molecular weight excluding hydrogens is 630 g/mol. The average Bonchev–Trinajstić information content (AvgIpc) is 3.94. The Kier molecular flexibility index (Phi) is 2.50. The summed E-state index contributed by atoms with van der Waals surface area (Å²) in [6.45, 7) is 19.7. The van der Waals surface area contributed by atoms with Crippen molar-refractivity contribution in [3.63, 3.8) is 0 Å². The van der Waals surface area contributed by atoms with Crippen LogP contribution in [0.2, 0.25) is 46.7 Å². The van der Waals surface area contributed by atoms with Gasteiger partial charge in [0.2, 0.25) is 0 Å². The van der Waals surface area contributed by atoms with Gasteiger partial charge < -0.3 is 0 Å². The van der Waals surface area contributed by atoms with Gasteiger partial charge in [0.1, 0.15) is 0 Å². The summed E-state index contributed by atoms with van der Waals surface area (Å²) >= 11 is 0. The van der Waals surface area contributed by atoms with Gasteiger partial charge in [-0.25, -0.2) is 0 Å². The van der Waals surface area contributed by atoms with E-state index in [1.807, 2.05) is 0 Å². The molecule has 0 aromatic rings. The maximum absolute atomic E-state index is 4.32. The molecule has 9 atom stereocenters. The summed E-state index contributed by atoms with van der Waals surface area (Å²) < 4.78 is 2.46. The number of fused-ring (bicyclic) bond motifs is 10. The summed E-state index contributed by atoms with van der Waals surface area (Å²) in [5.74, 6) is 4.41. The molecule has 12 saturated heterocycles. The second-order valence-corrected chi connectivity index (χ2v) is 51.5. The van der Waals surface area contributed by atoms with E-state index >= 15 is 0 Å². The molecule has 0 aromatic heterocycles. The molecule has 4 aliphatic carbocycles. The fraction of sp³-hybridized carbons (Fsp3) is 1.00. The van der Waals surface area contributed by atoms with E-state index in [9.17, 15) is 0 Å². The van der Waals surface area contributed by atoms with Gasteiger partial charge >= 0.3 is 268 Å². The summed E-state index contributed by atoms with van der Waals surface area (Å²) in [6.07, 6.45) is 9.89. The summed E-state index contributed by atoms with van der Waals surface area (Å²) in [6, 6.07) is 1.23. The fourth-order valence-corrected chi connectivity index (χ4v) is 123. The number of piperazine rings is 2. The van der Waals surface area contributed by atoms with Crippen LogP contribution >= 0.6 is 17.2 Å². The van der Waals surface area contributed by atoms with Crippen LogP contribution < -0.4 is 21.3 Å². The van der Waals surface area contributed by atoms with Crippen molar-refractivity contribution in [3.8, 4) is 0 Å². The van der Waals surface area contributed by atoms with Gasteiger partial charge in [-0.05, 0) is 0 Å². The molecule has 16 aliphatic rings. The predicted octanol–water partition coefficient (Wildman–Crippen LogP) is 7.37. The third-order valence-corrected chi connectivity index (χ3v) is 76.5. The molecule has 16 rings (SSSR count). The van der Waals surface area contributed by atoms with E-state index in [-0.39, 0.29) is 7.92 Å². The average molecular weight is 693 g/mol. The Balaban J connectivity index is 0.994. The Labute approximate surface area is 266 Å². The minimum absolute atomic E-state index is 0.0239. The third kappa shape index (κ3) is 0.775. The molecule has 45 heavy (non-hydrogen) atoms. The van der Waals surface area contributed by atoms with Gasteiger partial charge in [0.05, 0.1) is 0 Å². The van der Waals surface area contributed by atoms with Crippen molar-refractivity contribution in [1.29, 1.82) is 0 Å². The minimum atomic E-state index is -4.12. The van der Waals surface area contributed by atoms with E-state index in [0.29, 0.717) is 27.8 Å². The maximum atomic E-state index is 4.32. The third-order valence-electron chi connectivity index (χ3n) is 26.1. The molecule has 12 aliphatic heterocycles. The van der Waals surface area contributed by atoms with E-state index in [4.69, 9.17) is 0 Å². The molecule has 9 unspecified atom stereocenters. The molecular formula is C38H62FeN4P2. The first kappa shape index (κ1) is 26.1. The molecule has 0 amide bonds. The molecule has 4 nitrogen and oxygen atoms in total. The molecule has 0 aromatic carbocycles. The van der Waals surface area contributed by atoms with Crippen LogP contribution in [0.25, 0.3) is 0 Å². The topological polar surface area (TPSA) is 48.1 Å². The molecule has 7 heteroatoms. The number of nitrogens with one attached hydrogen (secondary N) is 4. The van der Waals surface area contributed by atoms with Crippen molar-refractivity contribution in [3.05, 3.63) is 0 Å². The van der Waals surface area contributed by atoms with Crippen molar-refractivity contribution in [2.24, 2.45) is 29.1 Å². The van der Waals surface area contributed by atoms with Gasteiger partial charge in [0, 0.05) is 0 Å². The summed E-state index contributed by atoms with van der Waals surface area (Å²) in [4.78, 5) is 9.15. The molecule has 12 heterocycles. The van der Waals surface area contributed by atoms with Crippen LogP contribution in [0, 0.1) is 29.1 Å². The first-order valence-corrected chi connectivity index (χ1v) is 28.1. The van der Waals surface area contributed by atoms with Crippen molar-refractivity contribution >= 4 is 17.2 Å². The number of rotatable bonds is 6. The van der Waals surface area contributed by atoms with Gasteiger partial charge in [-0.2, -0.15) is 0 Å². The normalized spacial score (nSPS) is 78.4. The van der Waals surface area contributed by atoms with Crippen LogP contribution in [0.1, 0.15) is 73.6 Å². The van der Waals surface area contributed by atoms with E-state index in [2.05, 4.69) is 72.0 Å². The number of hydrogen-bond donors (Lipinski definition) is 4. The van der Waals surface area contributed by atoms with E-state index in [0.717, 1.165) is 55.4 Å². The monoisotopic (exact) mass is 692 g/mol. The Hall–Kier alpha value is 1.22. The zero-order valence-corrected chi connectivity index (χ0v) is 32.1. The Morgan fingerprint density at radius 3 is 1.62 bits per heavy atom. The Bertz CT molecular complexity index is 1850. The molecule has 4 saturated carbocycles. The SMILES string of the molecule is CC(C)(C)P(C[C]12[CH]3[C]4(C(C)(C)C)[CH]5[C]1(C(P)(C1CNCCN1)C1CNCCN1)[Fe]35241678[CH]2[CH]1[CH]6[CH]7[CH]28)C1C2CC3CC(C2)CC1C3. The van der Waals surface area contributed by atoms with Crippen LogP contribution in [0.5, 0.6) is 0 Å². The summed E-state index contributed by atoms with van der Waals surface area (Å²) in [5, 5.41) is 17.4. The second-order valence-electron chi connectivity index (χ2n) is 24.3.